The minimum atomic E-state index is -0.212. The van der Waals surface area contributed by atoms with Crippen LogP contribution in [0.4, 0.5) is 0 Å². The fraction of sp³-hybridized carbons (Fsp3) is 0.688. The van der Waals surface area contributed by atoms with E-state index in [2.05, 4.69) is 10.3 Å². The first-order chi connectivity index (χ1) is 11.1. The van der Waals surface area contributed by atoms with Gasteiger partial charge in [0.2, 0.25) is 11.8 Å². The average Bonchev–Trinajstić information content (AvgIpc) is 3.25. The smallest absolute Gasteiger partial charge is 0.225 e. The van der Waals surface area contributed by atoms with Gasteiger partial charge in [0.15, 0.2) is 5.16 Å². The summed E-state index contributed by atoms with van der Waals surface area (Å²) in [7, 11) is 1.95. The van der Waals surface area contributed by atoms with E-state index >= 15 is 0 Å². The van der Waals surface area contributed by atoms with Crippen molar-refractivity contribution in [1.29, 1.82) is 0 Å². The van der Waals surface area contributed by atoms with Gasteiger partial charge < -0.3 is 14.8 Å². The predicted octanol–water partition coefficient (Wildman–Crippen LogP) is 1.55. The molecule has 126 valence electrons. The Hall–Kier alpha value is -1.50. The molecule has 1 aliphatic heterocycles. The normalized spacial score (nSPS) is 22.1. The SMILES string of the molecule is CSc1ncc(CNC(=O)[C@@H]2CC(=O)N(C3CCCC3)C2)n1C. The molecule has 3 rings (SSSR count). The average molecular weight is 336 g/mol. The van der Waals surface area contributed by atoms with Crippen LogP contribution in [0.3, 0.4) is 0 Å². The highest BCUT2D eigenvalue weighted by atomic mass is 32.2. The summed E-state index contributed by atoms with van der Waals surface area (Å²) in [5, 5.41) is 3.89. The summed E-state index contributed by atoms with van der Waals surface area (Å²) in [6.45, 7) is 1.04. The molecule has 0 aromatic carbocycles. The third kappa shape index (κ3) is 3.39. The Morgan fingerprint density at radius 2 is 2.17 bits per heavy atom. The van der Waals surface area contributed by atoms with Gasteiger partial charge in [-0.05, 0) is 19.1 Å². The van der Waals surface area contributed by atoms with Crippen molar-refractivity contribution in [2.24, 2.45) is 13.0 Å². The molecule has 2 amide bonds. The second-order valence-corrected chi connectivity index (χ2v) is 7.17. The van der Waals surface area contributed by atoms with E-state index in [1.165, 1.54) is 12.8 Å². The molecule has 1 atom stereocenters. The molecule has 1 saturated carbocycles. The molecule has 7 heteroatoms. The van der Waals surface area contributed by atoms with Crippen molar-refractivity contribution in [1.82, 2.24) is 19.8 Å². The van der Waals surface area contributed by atoms with Gasteiger partial charge in [-0.1, -0.05) is 24.6 Å². The molecule has 0 bridgehead atoms. The number of hydrogen-bond donors (Lipinski definition) is 1. The van der Waals surface area contributed by atoms with Crippen molar-refractivity contribution < 1.29 is 9.59 Å². The highest BCUT2D eigenvalue weighted by molar-refractivity contribution is 7.98. The van der Waals surface area contributed by atoms with Crippen LogP contribution in [0.25, 0.3) is 0 Å². The molecule has 1 N–H and O–H groups in total. The number of hydrogen-bond acceptors (Lipinski definition) is 4. The predicted molar refractivity (Wildman–Crippen MR) is 88.9 cm³/mol. The third-order valence-electron chi connectivity index (χ3n) is 4.96. The van der Waals surface area contributed by atoms with Gasteiger partial charge in [-0.2, -0.15) is 0 Å². The summed E-state index contributed by atoms with van der Waals surface area (Å²) >= 11 is 1.58. The van der Waals surface area contributed by atoms with Crippen molar-refractivity contribution in [3.8, 4) is 0 Å². The van der Waals surface area contributed by atoms with Gasteiger partial charge in [0.05, 0.1) is 24.4 Å². The molecule has 1 aromatic heterocycles. The number of thioether (sulfide) groups is 1. The summed E-state index contributed by atoms with van der Waals surface area (Å²) in [5.41, 5.74) is 0.972. The first kappa shape index (κ1) is 16.4. The fourth-order valence-electron chi connectivity index (χ4n) is 3.58. The Morgan fingerprint density at radius 1 is 1.43 bits per heavy atom. The lowest BCUT2D eigenvalue weighted by Crippen LogP contribution is -2.37. The minimum Gasteiger partial charge on any atom is -0.350 e. The van der Waals surface area contributed by atoms with Crippen molar-refractivity contribution in [3.63, 3.8) is 0 Å². The zero-order valence-electron chi connectivity index (χ0n) is 13.7. The van der Waals surface area contributed by atoms with Crippen LogP contribution in [-0.4, -0.2) is 45.1 Å². The first-order valence-electron chi connectivity index (χ1n) is 8.22. The lowest BCUT2D eigenvalue weighted by Gasteiger charge is -2.23. The molecule has 1 aliphatic carbocycles. The van der Waals surface area contributed by atoms with E-state index in [0.717, 1.165) is 23.7 Å². The second-order valence-electron chi connectivity index (χ2n) is 6.40. The number of nitrogens with one attached hydrogen (secondary N) is 1. The van der Waals surface area contributed by atoms with E-state index in [4.69, 9.17) is 0 Å². The number of likely N-dealkylation sites (tertiary alicyclic amines) is 1. The summed E-state index contributed by atoms with van der Waals surface area (Å²) in [6, 6.07) is 0.363. The molecule has 6 nitrogen and oxygen atoms in total. The van der Waals surface area contributed by atoms with Gasteiger partial charge in [0, 0.05) is 26.1 Å². The zero-order chi connectivity index (χ0) is 16.4. The summed E-state index contributed by atoms with van der Waals surface area (Å²) in [4.78, 5) is 30.8. The van der Waals surface area contributed by atoms with Crippen LogP contribution in [0.1, 0.15) is 37.8 Å². The standard InChI is InChI=1S/C16H24N4O2S/c1-19-13(9-18-16(19)23-2)8-17-15(22)11-7-14(21)20(10-11)12-5-3-4-6-12/h9,11-12H,3-8,10H2,1-2H3,(H,17,22)/t11-/m1/s1. The van der Waals surface area contributed by atoms with Crippen LogP contribution in [0.5, 0.6) is 0 Å². The van der Waals surface area contributed by atoms with Gasteiger partial charge in [-0.15, -0.1) is 0 Å². The van der Waals surface area contributed by atoms with E-state index in [1.807, 2.05) is 22.8 Å². The highest BCUT2D eigenvalue weighted by Gasteiger charge is 2.38. The minimum absolute atomic E-state index is 0.0225. The van der Waals surface area contributed by atoms with E-state index in [9.17, 15) is 9.59 Å². The maximum Gasteiger partial charge on any atom is 0.225 e. The second kappa shape index (κ2) is 6.95. The monoisotopic (exact) mass is 336 g/mol. The molecule has 2 aliphatic rings. The molecule has 1 saturated heterocycles. The summed E-state index contributed by atoms with van der Waals surface area (Å²) in [5.74, 6) is -0.0932. The van der Waals surface area contributed by atoms with Gasteiger partial charge in [-0.25, -0.2) is 4.98 Å². The lowest BCUT2D eigenvalue weighted by atomic mass is 10.1. The molecule has 1 aromatic rings. The molecular formula is C16H24N4O2S. The quantitative estimate of drug-likeness (QED) is 0.829. The fourth-order valence-corrected chi connectivity index (χ4v) is 4.13. The molecule has 2 fully saturated rings. The van der Waals surface area contributed by atoms with Crippen molar-refractivity contribution in [2.45, 2.75) is 49.8 Å². The maximum atomic E-state index is 12.4. The van der Waals surface area contributed by atoms with Crippen LogP contribution in [0.15, 0.2) is 11.4 Å². The van der Waals surface area contributed by atoms with Gasteiger partial charge >= 0.3 is 0 Å². The van der Waals surface area contributed by atoms with E-state index in [0.29, 0.717) is 25.6 Å². The first-order valence-corrected chi connectivity index (χ1v) is 9.44. The van der Waals surface area contributed by atoms with Crippen molar-refractivity contribution in [3.05, 3.63) is 11.9 Å². The number of carbonyl (C=O) groups excluding carboxylic acids is 2. The molecular weight excluding hydrogens is 312 g/mol. The van der Waals surface area contributed by atoms with Crippen LogP contribution in [0.2, 0.25) is 0 Å². The van der Waals surface area contributed by atoms with Crippen molar-refractivity contribution >= 4 is 23.6 Å². The number of carbonyl (C=O) groups is 2. The third-order valence-corrected chi connectivity index (χ3v) is 5.71. The molecule has 0 unspecified atom stereocenters. The van der Waals surface area contributed by atoms with E-state index in [1.54, 1.807) is 18.0 Å². The number of amides is 2. The van der Waals surface area contributed by atoms with Gasteiger partial charge in [0.25, 0.3) is 0 Å². The van der Waals surface area contributed by atoms with E-state index < -0.39 is 0 Å². The topological polar surface area (TPSA) is 67.2 Å². The largest absolute Gasteiger partial charge is 0.350 e. The zero-order valence-corrected chi connectivity index (χ0v) is 14.6. The van der Waals surface area contributed by atoms with Crippen molar-refractivity contribution in [2.75, 3.05) is 12.8 Å². The lowest BCUT2D eigenvalue weighted by molar-refractivity contribution is -0.130. The van der Waals surface area contributed by atoms with Gasteiger partial charge in [0.1, 0.15) is 0 Å². The number of aromatic nitrogens is 2. The van der Waals surface area contributed by atoms with Crippen LogP contribution >= 0.6 is 11.8 Å². The van der Waals surface area contributed by atoms with Crippen LogP contribution in [-0.2, 0) is 23.2 Å². The van der Waals surface area contributed by atoms with Gasteiger partial charge in [-0.3, -0.25) is 9.59 Å². The Labute approximate surface area is 141 Å². The van der Waals surface area contributed by atoms with Crippen LogP contribution in [0, 0.1) is 5.92 Å². The Kier molecular flexibility index (Phi) is 4.94. The highest BCUT2D eigenvalue weighted by Crippen LogP contribution is 2.29. The Morgan fingerprint density at radius 3 is 2.83 bits per heavy atom. The Bertz CT molecular complexity index is 595. The molecule has 0 radical (unpaired) electrons. The number of imidazole rings is 1. The molecule has 0 spiro atoms. The number of nitrogens with zero attached hydrogens (tertiary/aromatic N) is 3. The van der Waals surface area contributed by atoms with Crippen LogP contribution < -0.4 is 5.32 Å². The molecule has 23 heavy (non-hydrogen) atoms. The molecule has 2 heterocycles. The number of rotatable bonds is 5. The summed E-state index contributed by atoms with van der Waals surface area (Å²) < 4.78 is 1.98. The maximum absolute atomic E-state index is 12.4. The Balaban J connectivity index is 1.54. The van der Waals surface area contributed by atoms with E-state index in [-0.39, 0.29) is 17.7 Å². The summed E-state index contributed by atoms with van der Waals surface area (Å²) in [6.07, 6.45) is 8.69.